The zero-order valence-electron chi connectivity index (χ0n) is 41.8. The molecule has 24 nitrogen and oxygen atoms in total. The van der Waals surface area contributed by atoms with Crippen LogP contribution in [0, 0.1) is 11.8 Å². The Morgan fingerprint density at radius 3 is 2.32 bits per heavy atom. The van der Waals surface area contributed by atoms with E-state index in [2.05, 4.69) is 41.9 Å². The highest BCUT2D eigenvalue weighted by Crippen LogP contribution is 2.35. The Labute approximate surface area is 459 Å². The van der Waals surface area contributed by atoms with Crippen LogP contribution < -0.4 is 31.9 Å². The number of carbonyl (C=O) groups is 8. The number of carboxylic acid groups (broad SMARTS) is 1. The molecule has 3 aromatic rings. The number of aromatic nitrogens is 2. The van der Waals surface area contributed by atoms with E-state index in [1.54, 1.807) is 39.2 Å². The van der Waals surface area contributed by atoms with Crippen molar-refractivity contribution in [3.05, 3.63) is 53.0 Å². The molecule has 0 radical (unpaired) electrons. The van der Waals surface area contributed by atoms with Crippen molar-refractivity contribution in [2.75, 3.05) is 43.2 Å². The van der Waals surface area contributed by atoms with Gasteiger partial charge in [-0.1, -0.05) is 78.9 Å². The maximum Gasteiger partial charge on any atom is 0.326 e. The number of fused-ring (bicyclic) bond motifs is 4. The molecule has 0 aliphatic carbocycles. The molecule has 2 aliphatic heterocycles. The summed E-state index contributed by atoms with van der Waals surface area (Å²) in [6.07, 6.45) is 2.07. The van der Waals surface area contributed by atoms with Crippen molar-refractivity contribution >= 4 is 115 Å². The fourth-order valence-electron chi connectivity index (χ4n) is 7.84. The number of aliphatic hydroxyl groups excluding tert-OH is 1. The van der Waals surface area contributed by atoms with Gasteiger partial charge in [0.25, 0.3) is 5.89 Å². The third-order valence-corrected chi connectivity index (χ3v) is 15.6. The number of hydrogen-bond acceptors (Lipinski definition) is 21. The number of aliphatic hydroxyl groups is 1. The standard InChI is InChI=1S/C47H61N9O15S5/c1-5-27-37(62)52-31(38(63)49-28(45(66)67)12-14-74-4)21-76-75-20-30(51-36(61)24(19-57)17-26(59)18-48-42(72)34-46(68)71-41(55-34)33(60)15-22(2)3)39(64)50-29(16-23-8-10-25(58)11-9-23)44(65)56-13-6-7-32(56)40-54-35(43(73)53-27)47(69)70-40/h8-11,22,24,27-32,57-58,68-69H,5-7,12-21H2,1-4H3,(H,48,72)(H,49,63)(H,50,64)(H,51,61)(H,52,62)(H,53,73)(H,66,67). The quantitative estimate of drug-likeness (QED) is 0.0435. The number of rotatable bonds is 20. The summed E-state index contributed by atoms with van der Waals surface area (Å²) in [5.41, 5.74) is -0.0214. The normalized spacial score (nSPS) is 20.6. The molecule has 1 fully saturated rings. The van der Waals surface area contributed by atoms with Crippen molar-refractivity contribution in [2.45, 2.75) is 102 Å². The van der Waals surface area contributed by atoms with Crippen molar-refractivity contribution in [3.8, 4) is 17.6 Å². The van der Waals surface area contributed by atoms with E-state index in [0.717, 1.165) is 21.6 Å². The molecule has 76 heavy (non-hydrogen) atoms. The first-order chi connectivity index (χ1) is 36.1. The van der Waals surface area contributed by atoms with Gasteiger partial charge in [0.1, 0.15) is 52.0 Å². The molecular formula is C47H61N9O15S5. The lowest BCUT2D eigenvalue weighted by Gasteiger charge is -2.29. The molecule has 2 aliphatic rings. The van der Waals surface area contributed by atoms with Crippen molar-refractivity contribution in [3.63, 3.8) is 0 Å². The average Bonchev–Trinajstić information content (AvgIpc) is 4.14. The van der Waals surface area contributed by atoms with Crippen molar-refractivity contribution < 1.29 is 72.7 Å². The Balaban J connectivity index is 1.45. The molecular weight excluding hydrogens is 1090 g/mol. The second-order valence-corrected chi connectivity index (χ2v) is 22.5. The molecule has 2 bridgehead atoms. The van der Waals surface area contributed by atoms with Gasteiger partial charge in [0.15, 0.2) is 17.2 Å². The molecule has 4 heterocycles. The number of Topliss-reactive ketones (excluding diaryl/α,β-unsaturated/α-hetero) is 2. The molecule has 5 rings (SSSR count). The number of thioether (sulfide) groups is 1. The third-order valence-electron chi connectivity index (χ3n) is 11.9. The molecule has 2 aromatic heterocycles. The largest absolute Gasteiger partial charge is 0.508 e. The lowest BCUT2D eigenvalue weighted by atomic mass is 10.0. The molecule has 11 N–H and O–H groups in total. The van der Waals surface area contributed by atoms with E-state index >= 15 is 0 Å². The summed E-state index contributed by atoms with van der Waals surface area (Å²) in [5, 5.41) is 67.5. The number of nitrogens with one attached hydrogen (secondary N) is 6. The fraction of sp³-hybridized carbons (Fsp3) is 0.532. The Morgan fingerprint density at radius 1 is 0.947 bits per heavy atom. The fourth-order valence-corrected chi connectivity index (χ4v) is 11.1. The smallest absolute Gasteiger partial charge is 0.326 e. The van der Waals surface area contributed by atoms with Crippen LogP contribution >= 0.6 is 57.8 Å². The molecule has 29 heteroatoms. The molecule has 1 aromatic carbocycles. The maximum absolute atomic E-state index is 14.7. The zero-order chi connectivity index (χ0) is 55.8. The first kappa shape index (κ1) is 60.9. The lowest BCUT2D eigenvalue weighted by molar-refractivity contribution is -0.142. The molecule has 1 saturated heterocycles. The Morgan fingerprint density at radius 2 is 1.66 bits per heavy atom. The van der Waals surface area contributed by atoms with E-state index in [-0.39, 0.29) is 88.5 Å². The number of aliphatic carboxylic acids is 1. The minimum atomic E-state index is -1.51. The number of nitrogens with zero attached hydrogens (tertiary/aromatic N) is 3. The Hall–Kier alpha value is -6.01. The molecule has 0 spiro atoms. The van der Waals surface area contributed by atoms with Gasteiger partial charge in [-0.3, -0.25) is 33.6 Å². The summed E-state index contributed by atoms with van der Waals surface area (Å²) in [5.74, 6) is -10.1. The highest BCUT2D eigenvalue weighted by molar-refractivity contribution is 8.76. The number of carboxylic acids is 1. The number of benzene rings is 1. The second-order valence-electron chi connectivity index (χ2n) is 18.1. The summed E-state index contributed by atoms with van der Waals surface area (Å²) in [6.45, 7) is 4.03. The minimum Gasteiger partial charge on any atom is -0.508 e. The first-order valence-corrected chi connectivity index (χ1v) is 28.7. The molecule has 7 atom stereocenters. The minimum absolute atomic E-state index is 0.0326. The van der Waals surface area contributed by atoms with E-state index in [1.807, 2.05) is 0 Å². The first-order valence-electron chi connectivity index (χ1n) is 24.0. The van der Waals surface area contributed by atoms with Crippen LogP contribution in [0.1, 0.15) is 98.9 Å². The third kappa shape index (κ3) is 17.0. The summed E-state index contributed by atoms with van der Waals surface area (Å²) in [6, 6.07) is -1.66. The van der Waals surface area contributed by atoms with Crippen molar-refractivity contribution in [2.24, 2.45) is 11.8 Å². The summed E-state index contributed by atoms with van der Waals surface area (Å²) in [4.78, 5) is 118. The van der Waals surface area contributed by atoms with Gasteiger partial charge in [0, 0.05) is 37.3 Å². The van der Waals surface area contributed by atoms with Crippen LogP contribution in [-0.2, 0) is 40.0 Å². The van der Waals surface area contributed by atoms with Crippen molar-refractivity contribution in [1.29, 1.82) is 0 Å². The monoisotopic (exact) mass is 1150 g/mol. The van der Waals surface area contributed by atoms with E-state index in [1.165, 1.54) is 28.8 Å². The maximum atomic E-state index is 14.7. The van der Waals surface area contributed by atoms with Crippen LogP contribution in [0.4, 0.5) is 0 Å². The number of phenolic OH excluding ortho intramolecular Hbond substituents is 1. The topological polar surface area (TPSA) is 365 Å². The van der Waals surface area contributed by atoms with Gasteiger partial charge < -0.3 is 71.2 Å². The lowest BCUT2D eigenvalue weighted by Crippen LogP contribution is -2.57. The number of hydrogen-bond donors (Lipinski definition) is 11. The number of carbonyl (C=O) groups excluding carboxylic acids is 7. The predicted molar refractivity (Wildman–Crippen MR) is 288 cm³/mol. The second kappa shape index (κ2) is 28.9. The summed E-state index contributed by atoms with van der Waals surface area (Å²) >= 11 is 12.2. The average molecular weight is 1150 g/mol. The van der Waals surface area contributed by atoms with Crippen LogP contribution in [0.5, 0.6) is 17.6 Å². The SMILES string of the molecule is CCC1NC(=S)c2nc(oc2O)C2CCCN2C(=O)C(Cc2ccc(O)cc2)NC(=O)C(NC(=O)C(CO)CC(=O)CNC(=S)c2nc(C(=O)CC(C)C)oc2O)CSSCC(C(=O)NC(CCSC)C(=O)O)NC1=O. The number of ketones is 2. The molecule has 414 valence electrons. The van der Waals surface area contributed by atoms with E-state index in [0.29, 0.717) is 24.2 Å². The van der Waals surface area contributed by atoms with Gasteiger partial charge in [0.05, 0.1) is 19.1 Å². The number of amides is 5. The highest BCUT2D eigenvalue weighted by Gasteiger charge is 2.40. The van der Waals surface area contributed by atoms with Crippen LogP contribution in [0.15, 0.2) is 33.1 Å². The number of aromatic hydroxyl groups is 3. The van der Waals surface area contributed by atoms with Crippen LogP contribution in [-0.4, -0.2) is 171 Å². The Kier molecular flexibility index (Phi) is 23.2. The van der Waals surface area contributed by atoms with E-state index in [9.17, 15) is 63.9 Å². The molecule has 5 amide bonds. The molecule has 0 saturated carbocycles. The van der Waals surface area contributed by atoms with Gasteiger partial charge in [-0.15, -0.1) is 0 Å². The van der Waals surface area contributed by atoms with Crippen LogP contribution in [0.3, 0.4) is 0 Å². The number of thiocarbonyl (C=S) groups is 2. The van der Waals surface area contributed by atoms with Crippen molar-refractivity contribution in [1.82, 2.24) is 46.8 Å². The summed E-state index contributed by atoms with van der Waals surface area (Å²) in [7, 11) is 1.93. The van der Waals surface area contributed by atoms with Gasteiger partial charge in [-0.25, -0.2) is 9.78 Å². The van der Waals surface area contributed by atoms with Gasteiger partial charge in [-0.05, 0) is 61.3 Å². The van der Waals surface area contributed by atoms with Crippen LogP contribution in [0.2, 0.25) is 0 Å². The number of phenols is 1. The molecule has 7 unspecified atom stereocenters. The predicted octanol–water partition coefficient (Wildman–Crippen LogP) is 1.66. The summed E-state index contributed by atoms with van der Waals surface area (Å²) < 4.78 is 10.8. The van der Waals surface area contributed by atoms with Gasteiger partial charge >= 0.3 is 17.9 Å². The van der Waals surface area contributed by atoms with Gasteiger partial charge in [-0.2, -0.15) is 16.7 Å². The van der Waals surface area contributed by atoms with E-state index in [4.69, 9.17) is 33.3 Å². The zero-order valence-corrected chi connectivity index (χ0v) is 45.9. The van der Waals surface area contributed by atoms with Crippen LogP contribution in [0.25, 0.3) is 0 Å². The number of oxazole rings is 2. The Bertz CT molecular complexity index is 2620. The van der Waals surface area contributed by atoms with E-state index < -0.39 is 121 Å². The highest BCUT2D eigenvalue weighted by atomic mass is 33.1. The van der Waals surface area contributed by atoms with Gasteiger partial charge in [0.2, 0.25) is 41.2 Å².